The molecule has 0 spiro atoms. The lowest BCUT2D eigenvalue weighted by molar-refractivity contribution is -0.126. The summed E-state index contributed by atoms with van der Waals surface area (Å²) in [6, 6.07) is 8.17. The van der Waals surface area contributed by atoms with Gasteiger partial charge in [0.05, 0.1) is 6.10 Å². The number of anilines is 1. The third-order valence-electron chi connectivity index (χ3n) is 4.65. The molecule has 4 nitrogen and oxygen atoms in total. The summed E-state index contributed by atoms with van der Waals surface area (Å²) in [6.07, 6.45) is 6.74. The van der Waals surface area contributed by atoms with Gasteiger partial charge in [-0.3, -0.25) is 4.79 Å². The monoisotopic (exact) mass is 370 g/mol. The number of hydrogen-bond donors (Lipinski definition) is 2. The Morgan fingerprint density at radius 1 is 1.25 bits per heavy atom. The van der Waals surface area contributed by atoms with Crippen LogP contribution in [0.1, 0.15) is 44.1 Å². The highest BCUT2D eigenvalue weighted by atomic mass is 35.5. The van der Waals surface area contributed by atoms with Gasteiger partial charge in [-0.15, -0.1) is 12.4 Å². The quantitative estimate of drug-likeness (QED) is 0.800. The lowest BCUT2D eigenvalue weighted by atomic mass is 10.1. The molecule has 134 valence electrons. The minimum Gasteiger partial charge on any atom is -0.364 e. The molecule has 0 unspecified atom stereocenters. The van der Waals surface area contributed by atoms with Crippen LogP contribution in [0.2, 0.25) is 0 Å². The Bertz CT molecular complexity index is 538. The first-order valence-electron chi connectivity index (χ1n) is 8.61. The van der Waals surface area contributed by atoms with E-state index >= 15 is 0 Å². The minimum atomic E-state index is -0.361. The van der Waals surface area contributed by atoms with Gasteiger partial charge in [0.25, 0.3) is 5.91 Å². The van der Waals surface area contributed by atoms with Gasteiger partial charge in [-0.1, -0.05) is 25.0 Å². The molecule has 3 rings (SSSR count). The Kier molecular flexibility index (Phi) is 7.88. The van der Waals surface area contributed by atoms with Crippen LogP contribution in [-0.4, -0.2) is 29.9 Å². The fourth-order valence-electron chi connectivity index (χ4n) is 3.30. The van der Waals surface area contributed by atoms with Crippen molar-refractivity contribution in [2.45, 2.75) is 61.7 Å². The van der Waals surface area contributed by atoms with Gasteiger partial charge in [-0.2, -0.15) is 11.8 Å². The van der Waals surface area contributed by atoms with Crippen LogP contribution in [0.25, 0.3) is 0 Å². The Balaban J connectivity index is 0.00000208. The van der Waals surface area contributed by atoms with Crippen molar-refractivity contribution in [3.63, 3.8) is 0 Å². The largest absolute Gasteiger partial charge is 0.364 e. The molecule has 0 aromatic heterocycles. The van der Waals surface area contributed by atoms with E-state index in [1.54, 1.807) is 0 Å². The number of carbonyl (C=O) groups is 1. The second-order valence-corrected chi connectivity index (χ2v) is 7.76. The first-order chi connectivity index (χ1) is 11.2. The van der Waals surface area contributed by atoms with Gasteiger partial charge < -0.3 is 15.8 Å². The van der Waals surface area contributed by atoms with E-state index in [4.69, 9.17) is 10.5 Å². The molecule has 1 aliphatic carbocycles. The zero-order valence-corrected chi connectivity index (χ0v) is 15.5. The van der Waals surface area contributed by atoms with Gasteiger partial charge >= 0.3 is 0 Å². The molecule has 0 radical (unpaired) electrons. The first-order valence-corrected chi connectivity index (χ1v) is 9.66. The van der Waals surface area contributed by atoms with E-state index in [2.05, 4.69) is 17.4 Å². The van der Waals surface area contributed by atoms with E-state index in [0.717, 1.165) is 29.5 Å². The summed E-state index contributed by atoms with van der Waals surface area (Å²) < 4.78 is 5.65. The van der Waals surface area contributed by atoms with Crippen LogP contribution in [-0.2, 0) is 15.3 Å². The molecule has 6 heteroatoms. The van der Waals surface area contributed by atoms with Crippen LogP contribution < -0.4 is 11.1 Å². The summed E-state index contributed by atoms with van der Waals surface area (Å²) in [4.78, 5) is 12.3. The maximum Gasteiger partial charge on any atom is 0.253 e. The molecule has 1 amide bonds. The summed E-state index contributed by atoms with van der Waals surface area (Å²) in [6.45, 7) is 0.484. The summed E-state index contributed by atoms with van der Waals surface area (Å²) in [5, 5.41) is 3.80. The number of ether oxygens (including phenoxy) is 1. The fraction of sp³-hybridized carbons (Fsp3) is 0.611. The number of nitrogens with two attached hydrogens (primary N) is 1. The van der Waals surface area contributed by atoms with Gasteiger partial charge in [0, 0.05) is 23.2 Å². The molecule has 24 heavy (non-hydrogen) atoms. The van der Waals surface area contributed by atoms with Crippen molar-refractivity contribution in [3.05, 3.63) is 29.8 Å². The fourth-order valence-corrected chi connectivity index (χ4v) is 4.58. The number of rotatable bonds is 6. The Labute approximate surface area is 154 Å². The van der Waals surface area contributed by atoms with Crippen molar-refractivity contribution in [3.8, 4) is 0 Å². The summed E-state index contributed by atoms with van der Waals surface area (Å²) >= 11 is 2.04. The smallest absolute Gasteiger partial charge is 0.253 e. The average Bonchev–Trinajstić information content (AvgIpc) is 3.25. The van der Waals surface area contributed by atoms with E-state index in [0.29, 0.717) is 6.54 Å². The Morgan fingerprint density at radius 2 is 2.04 bits per heavy atom. The van der Waals surface area contributed by atoms with Crippen molar-refractivity contribution in [1.82, 2.24) is 0 Å². The molecule has 1 aromatic rings. The number of amides is 1. The van der Waals surface area contributed by atoms with Crippen molar-refractivity contribution < 1.29 is 9.53 Å². The van der Waals surface area contributed by atoms with Crippen LogP contribution in [0.4, 0.5) is 5.69 Å². The highest BCUT2D eigenvalue weighted by Crippen LogP contribution is 2.32. The van der Waals surface area contributed by atoms with Gasteiger partial charge in [0.2, 0.25) is 0 Å². The maximum absolute atomic E-state index is 12.3. The van der Waals surface area contributed by atoms with Crippen LogP contribution >= 0.6 is 24.2 Å². The summed E-state index contributed by atoms with van der Waals surface area (Å²) in [5.41, 5.74) is 7.73. The SMILES string of the molecule is Cl.NC[C@H]1CC[C@@H](C(=O)Nc2cccc(CSC3CCCC3)c2)O1. The van der Waals surface area contributed by atoms with Crippen molar-refractivity contribution in [2.24, 2.45) is 5.73 Å². The van der Waals surface area contributed by atoms with Crippen molar-refractivity contribution >= 4 is 35.8 Å². The number of halogens is 1. The normalized spacial score (nSPS) is 23.9. The average molecular weight is 371 g/mol. The molecule has 2 fully saturated rings. The molecular formula is C18H27ClN2O2S. The first kappa shape index (κ1) is 19.6. The third-order valence-corrected chi connectivity index (χ3v) is 6.09. The third kappa shape index (κ3) is 5.38. The Hall–Kier alpha value is -0.750. The molecule has 1 aromatic carbocycles. The topological polar surface area (TPSA) is 64.4 Å². The maximum atomic E-state index is 12.3. The molecule has 1 saturated carbocycles. The second kappa shape index (κ2) is 9.66. The lowest BCUT2D eigenvalue weighted by Gasteiger charge is -2.14. The predicted octanol–water partition coefficient (Wildman–Crippen LogP) is 3.73. The number of benzene rings is 1. The molecule has 1 aliphatic heterocycles. The van der Waals surface area contributed by atoms with Crippen LogP contribution in [0.3, 0.4) is 0 Å². The number of hydrogen-bond acceptors (Lipinski definition) is 4. The molecular weight excluding hydrogens is 344 g/mol. The number of nitrogens with one attached hydrogen (secondary N) is 1. The highest BCUT2D eigenvalue weighted by Gasteiger charge is 2.29. The van der Waals surface area contributed by atoms with E-state index in [9.17, 15) is 4.79 Å². The number of carbonyl (C=O) groups excluding carboxylic acids is 1. The van der Waals surface area contributed by atoms with Crippen LogP contribution in [0.15, 0.2) is 24.3 Å². The summed E-state index contributed by atoms with van der Waals surface area (Å²) in [5.74, 6) is 0.963. The van der Waals surface area contributed by atoms with Crippen LogP contribution in [0.5, 0.6) is 0 Å². The zero-order valence-electron chi connectivity index (χ0n) is 13.9. The zero-order chi connectivity index (χ0) is 16.1. The predicted molar refractivity (Wildman–Crippen MR) is 103 cm³/mol. The molecule has 3 N–H and O–H groups in total. The van der Waals surface area contributed by atoms with Gasteiger partial charge in [-0.05, 0) is 43.4 Å². The van der Waals surface area contributed by atoms with Gasteiger partial charge in [-0.25, -0.2) is 0 Å². The van der Waals surface area contributed by atoms with Crippen molar-refractivity contribution in [2.75, 3.05) is 11.9 Å². The second-order valence-electron chi connectivity index (χ2n) is 6.47. The van der Waals surface area contributed by atoms with E-state index < -0.39 is 0 Å². The molecule has 1 heterocycles. The highest BCUT2D eigenvalue weighted by molar-refractivity contribution is 7.99. The van der Waals surface area contributed by atoms with Gasteiger partial charge in [0.1, 0.15) is 6.10 Å². The molecule has 1 saturated heterocycles. The van der Waals surface area contributed by atoms with Crippen molar-refractivity contribution in [1.29, 1.82) is 0 Å². The molecule has 2 aliphatic rings. The van der Waals surface area contributed by atoms with Crippen LogP contribution in [0, 0.1) is 0 Å². The Morgan fingerprint density at radius 3 is 2.75 bits per heavy atom. The standard InChI is InChI=1S/C18H26N2O2S.ClH/c19-11-15-8-9-17(22-15)18(21)20-14-5-3-4-13(10-14)12-23-16-6-1-2-7-16;/h3-5,10,15-17H,1-2,6-9,11-12,19H2,(H,20,21);1H/t15-,17+;/m1./s1. The minimum absolute atomic E-state index is 0. The van der Waals surface area contributed by atoms with E-state index in [-0.39, 0.29) is 30.5 Å². The molecule has 0 bridgehead atoms. The molecule has 2 atom stereocenters. The van der Waals surface area contributed by atoms with E-state index in [1.165, 1.54) is 31.2 Å². The number of thioether (sulfide) groups is 1. The summed E-state index contributed by atoms with van der Waals surface area (Å²) in [7, 11) is 0. The van der Waals surface area contributed by atoms with E-state index in [1.807, 2.05) is 23.9 Å². The lowest BCUT2D eigenvalue weighted by Crippen LogP contribution is -2.29. The van der Waals surface area contributed by atoms with Gasteiger partial charge in [0.15, 0.2) is 0 Å².